The average molecular weight is 729 g/mol. The van der Waals surface area contributed by atoms with Gasteiger partial charge in [-0.15, -0.1) is 5.73 Å². The lowest BCUT2D eigenvalue weighted by atomic mass is 9.86. The first-order chi connectivity index (χ1) is 26.6. The smallest absolute Gasteiger partial charge is 0.260 e. The molecule has 0 fully saturated rings. The topological polar surface area (TPSA) is 49.9 Å². The molecule has 0 aliphatic carbocycles. The van der Waals surface area contributed by atoms with Crippen LogP contribution < -0.4 is 4.90 Å². The molecule has 2 aliphatic rings. The van der Waals surface area contributed by atoms with E-state index in [1.54, 1.807) is 16.8 Å². The highest BCUT2D eigenvalue weighted by Gasteiger charge is 2.34. The van der Waals surface area contributed by atoms with Crippen LogP contribution in [-0.4, -0.2) is 30.5 Å². The molecule has 0 saturated heterocycles. The van der Waals surface area contributed by atoms with Gasteiger partial charge in [-0.3, -0.25) is 14.5 Å². The summed E-state index contributed by atoms with van der Waals surface area (Å²) in [5.74, 6) is -0.217. The fraction of sp³-hybridized carbons (Fsp3) is 0.260. The Hall–Kier alpha value is -5.74. The molecule has 0 aromatic heterocycles. The van der Waals surface area contributed by atoms with Crippen molar-refractivity contribution in [3.05, 3.63) is 149 Å². The molecule has 2 heterocycles. The van der Waals surface area contributed by atoms with E-state index in [1.165, 1.54) is 31.2 Å². The van der Waals surface area contributed by atoms with Crippen molar-refractivity contribution in [1.29, 1.82) is 0 Å². The normalized spacial score (nSPS) is 13.4. The molecule has 2 aliphatic heterocycles. The van der Waals surface area contributed by atoms with Crippen LogP contribution in [0.4, 0.5) is 5.69 Å². The molecule has 0 atom stereocenters. The Labute approximate surface area is 326 Å². The van der Waals surface area contributed by atoms with Crippen molar-refractivity contribution in [2.45, 2.75) is 73.8 Å². The summed E-state index contributed by atoms with van der Waals surface area (Å²) in [5.41, 5.74) is 13.6. The van der Waals surface area contributed by atoms with Gasteiger partial charge in [-0.1, -0.05) is 138 Å². The van der Waals surface area contributed by atoms with Crippen LogP contribution in [0.25, 0.3) is 49.5 Å². The molecule has 0 bridgehead atoms. The number of hydrogen-bond donors (Lipinski definition) is 0. The molecule has 0 saturated carbocycles. The highest BCUT2D eigenvalue weighted by Crippen LogP contribution is 2.45. The summed E-state index contributed by atoms with van der Waals surface area (Å²) in [6.45, 7) is 17.2. The molecular weight excluding hydrogens is 677 g/mol. The standard InChI is InChI=1S/C42H32N2O3.2C4H10/c1-5-38-37-21-29-8-6-7-9-33(29)39(40(37)42(46)43(38)4)36-19-26(3)18-30-20-31-23-47-24-44(41(45)35(31)22-34(30)36)32-16-14-28(15-17-32)27-12-10-25(2)11-13-27;2*1-3-4-2/h6-22H,1,23-24H2,2-4H3;2*3-4H2,1-2H3. The molecule has 0 radical (unpaired) electrons. The molecule has 0 N–H and O–H groups in total. The number of benzene rings is 6. The number of ether oxygens (including phenoxy) is 1. The van der Waals surface area contributed by atoms with E-state index in [-0.39, 0.29) is 18.5 Å². The van der Waals surface area contributed by atoms with Gasteiger partial charge in [-0.2, -0.15) is 0 Å². The number of aryl methyl sites for hydroxylation is 2. The minimum absolute atomic E-state index is 0.0962. The van der Waals surface area contributed by atoms with E-state index in [9.17, 15) is 9.59 Å². The number of hydrogen-bond acceptors (Lipinski definition) is 3. The van der Waals surface area contributed by atoms with Gasteiger partial charge in [0.1, 0.15) is 6.73 Å². The first-order valence-corrected chi connectivity index (χ1v) is 19.5. The lowest BCUT2D eigenvalue weighted by Gasteiger charge is -2.21. The van der Waals surface area contributed by atoms with E-state index in [0.717, 1.165) is 66.2 Å². The third kappa shape index (κ3) is 7.77. The molecule has 280 valence electrons. The summed E-state index contributed by atoms with van der Waals surface area (Å²) >= 11 is 0. The zero-order valence-corrected chi connectivity index (χ0v) is 33.4. The van der Waals surface area contributed by atoms with Crippen LogP contribution in [0, 0.1) is 13.8 Å². The van der Waals surface area contributed by atoms with Gasteiger partial charge >= 0.3 is 0 Å². The number of nitrogens with zero attached hydrogens (tertiary/aromatic N) is 2. The number of carbonyl (C=O) groups excluding carboxylic acids is 2. The minimum atomic E-state index is -0.121. The molecule has 6 aromatic carbocycles. The lowest BCUT2D eigenvalue weighted by Crippen LogP contribution is -2.31. The maximum Gasteiger partial charge on any atom is 0.260 e. The highest BCUT2D eigenvalue weighted by molar-refractivity contribution is 6.21. The second kappa shape index (κ2) is 17.2. The second-order valence-corrected chi connectivity index (χ2v) is 14.5. The summed E-state index contributed by atoms with van der Waals surface area (Å²) in [5, 5.41) is 3.90. The predicted molar refractivity (Wildman–Crippen MR) is 231 cm³/mol. The fourth-order valence-corrected chi connectivity index (χ4v) is 7.06. The van der Waals surface area contributed by atoms with Crippen LogP contribution in [0.3, 0.4) is 0 Å². The van der Waals surface area contributed by atoms with Gasteiger partial charge in [-0.25, -0.2) is 0 Å². The summed E-state index contributed by atoms with van der Waals surface area (Å²) in [7, 11) is 1.76. The van der Waals surface area contributed by atoms with Crippen molar-refractivity contribution in [2.75, 3.05) is 18.7 Å². The Bertz CT molecular complexity index is 2410. The monoisotopic (exact) mass is 728 g/mol. The molecule has 5 nitrogen and oxygen atoms in total. The Kier molecular flexibility index (Phi) is 12.2. The van der Waals surface area contributed by atoms with Gasteiger partial charge in [0.25, 0.3) is 11.8 Å². The zero-order chi connectivity index (χ0) is 39.2. The Balaban J connectivity index is 0.000000589. The van der Waals surface area contributed by atoms with E-state index >= 15 is 0 Å². The average Bonchev–Trinajstić information content (AvgIpc) is 3.33. The van der Waals surface area contributed by atoms with Gasteiger partial charge in [0.2, 0.25) is 0 Å². The zero-order valence-electron chi connectivity index (χ0n) is 33.4. The predicted octanol–water partition coefficient (Wildman–Crippen LogP) is 12.9. The summed E-state index contributed by atoms with van der Waals surface area (Å²) < 4.78 is 6.09. The van der Waals surface area contributed by atoms with Gasteiger partial charge < -0.3 is 9.64 Å². The third-order valence-electron chi connectivity index (χ3n) is 10.4. The largest absolute Gasteiger partial charge is 0.356 e. The summed E-state index contributed by atoms with van der Waals surface area (Å²) in [4.78, 5) is 31.5. The number of amides is 2. The Morgan fingerprint density at radius 1 is 0.636 bits per heavy atom. The van der Waals surface area contributed by atoms with E-state index < -0.39 is 0 Å². The van der Waals surface area contributed by atoms with Crippen molar-refractivity contribution in [2.24, 2.45) is 0 Å². The second-order valence-electron chi connectivity index (χ2n) is 14.5. The third-order valence-corrected chi connectivity index (χ3v) is 10.4. The van der Waals surface area contributed by atoms with Crippen LogP contribution in [0.1, 0.15) is 96.3 Å². The van der Waals surface area contributed by atoms with Crippen LogP contribution in [0.2, 0.25) is 0 Å². The first kappa shape index (κ1) is 39.0. The lowest BCUT2D eigenvalue weighted by molar-refractivity contribution is 0.0873. The van der Waals surface area contributed by atoms with Crippen LogP contribution in [-0.2, 0) is 11.3 Å². The maximum absolute atomic E-state index is 14.3. The summed E-state index contributed by atoms with van der Waals surface area (Å²) in [6, 6.07) is 34.9. The maximum atomic E-state index is 14.3. The van der Waals surface area contributed by atoms with Gasteiger partial charge in [-0.05, 0) is 93.5 Å². The van der Waals surface area contributed by atoms with Crippen molar-refractivity contribution in [1.82, 2.24) is 4.90 Å². The molecule has 55 heavy (non-hydrogen) atoms. The number of unbranched alkanes of at least 4 members (excludes halogenated alkanes) is 2. The van der Waals surface area contributed by atoms with Gasteiger partial charge in [0.15, 0.2) is 0 Å². The van der Waals surface area contributed by atoms with E-state index in [4.69, 9.17) is 4.74 Å². The number of carbonyl (C=O) groups is 2. The fourth-order valence-electron chi connectivity index (χ4n) is 7.06. The number of fused-ring (bicyclic) bond motifs is 4. The molecular formula is C50H52N2O3. The van der Waals surface area contributed by atoms with Crippen molar-refractivity contribution in [3.63, 3.8) is 0 Å². The molecule has 8 rings (SSSR count). The summed E-state index contributed by atoms with van der Waals surface area (Å²) in [6.07, 6.45) is 5.28. The van der Waals surface area contributed by atoms with Crippen molar-refractivity contribution >= 4 is 44.7 Å². The number of rotatable bonds is 5. The number of anilines is 1. The van der Waals surface area contributed by atoms with Crippen molar-refractivity contribution in [3.8, 4) is 22.3 Å². The first-order valence-electron chi connectivity index (χ1n) is 19.5. The molecule has 0 spiro atoms. The quantitative estimate of drug-likeness (QED) is 0.166. The molecule has 0 unspecified atom stereocenters. The van der Waals surface area contributed by atoms with Crippen LogP contribution in [0.15, 0.2) is 115 Å². The molecule has 2 amide bonds. The SMILES string of the molecule is C=C=C1c2cc3ccccc3c(-c3cc(C)cc4cc5c(cc34)C(=O)N(c3ccc(-c4ccc(C)cc4)cc3)COC5)c2C(=O)N1C.CCCC.CCCC. The minimum Gasteiger partial charge on any atom is -0.356 e. The molecule has 5 heteroatoms. The van der Waals surface area contributed by atoms with Crippen LogP contribution in [0.5, 0.6) is 0 Å². The molecule has 6 aromatic rings. The van der Waals surface area contributed by atoms with Gasteiger partial charge in [0.05, 0.1) is 17.9 Å². The van der Waals surface area contributed by atoms with E-state index in [0.29, 0.717) is 23.4 Å². The highest BCUT2D eigenvalue weighted by atomic mass is 16.5. The van der Waals surface area contributed by atoms with E-state index in [1.807, 2.05) is 42.5 Å². The van der Waals surface area contributed by atoms with Crippen molar-refractivity contribution < 1.29 is 14.3 Å². The van der Waals surface area contributed by atoms with Crippen LogP contribution >= 0.6 is 0 Å². The van der Waals surface area contributed by atoms with Gasteiger partial charge in [0, 0.05) is 29.4 Å². The Morgan fingerprint density at radius 2 is 1.27 bits per heavy atom. The van der Waals surface area contributed by atoms with E-state index in [2.05, 4.69) is 115 Å². The Morgan fingerprint density at radius 3 is 1.91 bits per heavy atom.